The number of nitrogens with one attached hydrogen (secondary N) is 2. The molecule has 0 saturated carbocycles. The van der Waals surface area contributed by atoms with Crippen LogP contribution in [0.25, 0.3) is 0 Å². The summed E-state index contributed by atoms with van der Waals surface area (Å²) in [6, 6.07) is 17.1. The molecule has 0 bridgehead atoms. The molecule has 0 spiro atoms. The molecule has 1 heterocycles. The summed E-state index contributed by atoms with van der Waals surface area (Å²) < 4.78 is 10.4. The largest absolute Gasteiger partial charge is 0.495 e. The first kappa shape index (κ1) is 27.7. The van der Waals surface area contributed by atoms with E-state index in [1.165, 1.54) is 31.4 Å². The highest BCUT2D eigenvalue weighted by Crippen LogP contribution is 2.33. The molecule has 3 amide bonds. The topological polar surface area (TPSA) is 114 Å². The summed E-state index contributed by atoms with van der Waals surface area (Å²) in [6.07, 6.45) is 0.617. The predicted octanol–water partition coefficient (Wildman–Crippen LogP) is 5.60. The third-order valence-corrected chi connectivity index (χ3v) is 6.24. The van der Waals surface area contributed by atoms with E-state index in [4.69, 9.17) is 32.7 Å². The van der Waals surface area contributed by atoms with Gasteiger partial charge in [-0.25, -0.2) is 9.69 Å². The molecule has 11 heteroatoms. The Morgan fingerprint density at radius 2 is 1.67 bits per heavy atom. The zero-order valence-electron chi connectivity index (χ0n) is 20.9. The van der Waals surface area contributed by atoms with Gasteiger partial charge in [0.2, 0.25) is 0 Å². The first-order valence-electron chi connectivity index (χ1n) is 11.8. The van der Waals surface area contributed by atoms with Gasteiger partial charge in [0, 0.05) is 16.3 Å². The van der Waals surface area contributed by atoms with E-state index in [0.29, 0.717) is 34.1 Å². The van der Waals surface area contributed by atoms with Gasteiger partial charge in [-0.3, -0.25) is 14.4 Å². The normalized spacial score (nSPS) is 13.0. The molecular formula is C28H23Cl2N3O6. The molecule has 1 aliphatic heterocycles. The number of esters is 1. The van der Waals surface area contributed by atoms with Crippen molar-refractivity contribution in [1.82, 2.24) is 0 Å². The molecule has 0 saturated heterocycles. The van der Waals surface area contributed by atoms with Gasteiger partial charge in [-0.2, -0.15) is 0 Å². The van der Waals surface area contributed by atoms with E-state index in [1.807, 2.05) is 6.92 Å². The van der Waals surface area contributed by atoms with Gasteiger partial charge in [-0.1, -0.05) is 42.3 Å². The smallest absolute Gasteiger partial charge is 0.340 e. The SMILES string of the molecule is CCCOC(=O)c1ccccc1N1C(=O)C(Cl)=C(Nc2ccc(C(=O)Nc3cc(Cl)ccc3OC)cc2)C1=O. The maximum Gasteiger partial charge on any atom is 0.340 e. The summed E-state index contributed by atoms with van der Waals surface area (Å²) in [6.45, 7) is 2.05. The van der Waals surface area contributed by atoms with Crippen molar-refractivity contribution in [1.29, 1.82) is 0 Å². The van der Waals surface area contributed by atoms with Crippen molar-refractivity contribution in [2.45, 2.75) is 13.3 Å². The number of methoxy groups -OCH3 is 1. The van der Waals surface area contributed by atoms with Crippen LogP contribution in [0.3, 0.4) is 0 Å². The average Bonchev–Trinajstić information content (AvgIpc) is 3.15. The Labute approximate surface area is 234 Å². The highest BCUT2D eigenvalue weighted by Gasteiger charge is 2.40. The number of para-hydroxylation sites is 1. The molecule has 9 nitrogen and oxygen atoms in total. The lowest BCUT2D eigenvalue weighted by Crippen LogP contribution is -2.33. The molecule has 0 aromatic heterocycles. The second kappa shape index (κ2) is 12.0. The van der Waals surface area contributed by atoms with E-state index in [1.54, 1.807) is 42.5 Å². The summed E-state index contributed by atoms with van der Waals surface area (Å²) in [4.78, 5) is 52.3. The highest BCUT2D eigenvalue weighted by molar-refractivity contribution is 6.53. The molecule has 1 aliphatic rings. The fourth-order valence-electron chi connectivity index (χ4n) is 3.77. The van der Waals surface area contributed by atoms with Gasteiger partial charge < -0.3 is 20.1 Å². The summed E-state index contributed by atoms with van der Waals surface area (Å²) in [5.74, 6) is -2.15. The predicted molar refractivity (Wildman–Crippen MR) is 148 cm³/mol. The maximum atomic E-state index is 13.2. The molecule has 0 fully saturated rings. The number of hydrogen-bond donors (Lipinski definition) is 2. The van der Waals surface area contributed by atoms with Gasteiger partial charge in [0.1, 0.15) is 16.5 Å². The number of anilines is 3. The Bertz CT molecular complexity index is 1490. The Morgan fingerprint density at radius 3 is 2.36 bits per heavy atom. The number of benzene rings is 3. The number of nitrogens with zero attached hydrogens (tertiary/aromatic N) is 1. The van der Waals surface area contributed by atoms with Crippen LogP contribution in [0.4, 0.5) is 17.1 Å². The highest BCUT2D eigenvalue weighted by atomic mass is 35.5. The Hall–Kier alpha value is -4.34. The van der Waals surface area contributed by atoms with Crippen LogP contribution in [0, 0.1) is 0 Å². The van der Waals surface area contributed by atoms with E-state index < -0.39 is 23.7 Å². The fraction of sp³-hybridized carbons (Fsp3) is 0.143. The first-order valence-corrected chi connectivity index (χ1v) is 12.6. The van der Waals surface area contributed by atoms with Crippen molar-refractivity contribution in [3.63, 3.8) is 0 Å². The zero-order chi connectivity index (χ0) is 28.1. The first-order chi connectivity index (χ1) is 18.7. The van der Waals surface area contributed by atoms with Crippen molar-refractivity contribution in [2.24, 2.45) is 0 Å². The van der Waals surface area contributed by atoms with Crippen molar-refractivity contribution in [3.8, 4) is 5.75 Å². The van der Waals surface area contributed by atoms with Gasteiger partial charge in [0.25, 0.3) is 17.7 Å². The number of carbonyl (C=O) groups excluding carboxylic acids is 4. The zero-order valence-corrected chi connectivity index (χ0v) is 22.4. The Kier molecular flexibility index (Phi) is 8.53. The molecule has 200 valence electrons. The van der Waals surface area contributed by atoms with E-state index >= 15 is 0 Å². The van der Waals surface area contributed by atoms with E-state index in [-0.39, 0.29) is 28.6 Å². The fourth-order valence-corrected chi connectivity index (χ4v) is 4.15. The number of hydrogen-bond acceptors (Lipinski definition) is 7. The van der Waals surface area contributed by atoms with E-state index in [2.05, 4.69) is 10.6 Å². The molecule has 39 heavy (non-hydrogen) atoms. The van der Waals surface area contributed by atoms with Crippen LogP contribution in [0.1, 0.15) is 34.1 Å². The van der Waals surface area contributed by atoms with Crippen molar-refractivity contribution < 1.29 is 28.7 Å². The second-order valence-electron chi connectivity index (χ2n) is 8.29. The van der Waals surface area contributed by atoms with Crippen LogP contribution < -0.4 is 20.3 Å². The monoisotopic (exact) mass is 567 g/mol. The number of ether oxygens (including phenoxy) is 2. The van der Waals surface area contributed by atoms with Gasteiger partial charge in [0.15, 0.2) is 0 Å². The lowest BCUT2D eigenvalue weighted by atomic mass is 10.1. The van der Waals surface area contributed by atoms with Crippen molar-refractivity contribution in [2.75, 3.05) is 29.3 Å². The van der Waals surface area contributed by atoms with E-state index in [9.17, 15) is 19.2 Å². The molecule has 4 rings (SSSR count). The van der Waals surface area contributed by atoms with Crippen LogP contribution >= 0.6 is 23.2 Å². The van der Waals surface area contributed by atoms with Gasteiger partial charge in [-0.05, 0) is 61.0 Å². The summed E-state index contributed by atoms with van der Waals surface area (Å²) in [5.41, 5.74) is 1.08. The number of halogens is 2. The van der Waals surface area contributed by atoms with E-state index in [0.717, 1.165) is 4.90 Å². The molecule has 3 aromatic carbocycles. The van der Waals surface area contributed by atoms with Crippen LogP contribution in [-0.2, 0) is 14.3 Å². The average molecular weight is 568 g/mol. The number of carbonyl (C=O) groups is 4. The molecule has 0 atom stereocenters. The number of imide groups is 1. The second-order valence-corrected chi connectivity index (χ2v) is 9.10. The Morgan fingerprint density at radius 1 is 0.949 bits per heavy atom. The van der Waals surface area contributed by atoms with Crippen LogP contribution in [0.2, 0.25) is 5.02 Å². The third-order valence-electron chi connectivity index (χ3n) is 5.66. The minimum absolute atomic E-state index is 0.0602. The third kappa shape index (κ3) is 5.89. The van der Waals surface area contributed by atoms with Crippen LogP contribution in [0.5, 0.6) is 5.75 Å². The summed E-state index contributed by atoms with van der Waals surface area (Å²) >= 11 is 12.3. The van der Waals surface area contributed by atoms with Crippen molar-refractivity contribution >= 4 is 64.0 Å². The standard InChI is InChI=1S/C28H23Cl2N3O6/c1-3-14-39-28(37)19-6-4-5-7-21(19)33-26(35)23(30)24(27(33)36)31-18-11-8-16(9-12-18)25(34)32-20-15-17(29)10-13-22(20)38-2/h4-13,15,31H,3,14H2,1-2H3,(H,32,34). The Balaban J connectivity index is 1.51. The molecular weight excluding hydrogens is 545 g/mol. The number of amides is 3. The molecule has 2 N–H and O–H groups in total. The van der Waals surface area contributed by atoms with Gasteiger partial charge in [0.05, 0.1) is 30.7 Å². The summed E-state index contributed by atoms with van der Waals surface area (Å²) in [5, 5.41) is 5.68. The van der Waals surface area contributed by atoms with Crippen LogP contribution in [0.15, 0.2) is 77.5 Å². The minimum atomic E-state index is -0.786. The van der Waals surface area contributed by atoms with Gasteiger partial charge in [-0.15, -0.1) is 0 Å². The maximum absolute atomic E-state index is 13.2. The quantitative estimate of drug-likeness (QED) is 0.255. The van der Waals surface area contributed by atoms with Crippen molar-refractivity contribution in [3.05, 3.63) is 93.6 Å². The molecule has 0 radical (unpaired) electrons. The molecule has 3 aromatic rings. The lowest BCUT2D eigenvalue weighted by molar-refractivity contribution is -0.120. The van der Waals surface area contributed by atoms with Crippen LogP contribution in [-0.4, -0.2) is 37.4 Å². The minimum Gasteiger partial charge on any atom is -0.495 e. The summed E-state index contributed by atoms with van der Waals surface area (Å²) in [7, 11) is 1.48. The van der Waals surface area contributed by atoms with Gasteiger partial charge >= 0.3 is 5.97 Å². The molecule has 0 unspecified atom stereocenters. The molecule has 0 aliphatic carbocycles. The number of rotatable bonds is 9. The lowest BCUT2D eigenvalue weighted by Gasteiger charge is -2.18.